The summed E-state index contributed by atoms with van der Waals surface area (Å²) in [5.41, 5.74) is 2.10. The van der Waals surface area contributed by atoms with Crippen LogP contribution in [0.15, 0.2) is 66.8 Å². The molecule has 17 heavy (non-hydrogen) atoms. The van der Waals surface area contributed by atoms with Gasteiger partial charge in [-0.3, -0.25) is 4.79 Å². The predicted octanol–water partition coefficient (Wildman–Crippen LogP) is 3.66. The van der Waals surface area contributed by atoms with E-state index in [0.29, 0.717) is 5.92 Å². The molecule has 1 aromatic carbocycles. The van der Waals surface area contributed by atoms with Crippen LogP contribution in [-0.2, 0) is 4.79 Å². The van der Waals surface area contributed by atoms with E-state index in [1.165, 1.54) is 11.6 Å². The largest absolute Gasteiger partial charge is 0.290 e. The molecule has 0 saturated carbocycles. The van der Waals surface area contributed by atoms with E-state index in [2.05, 4.69) is 31.7 Å². The topological polar surface area (TPSA) is 17.1 Å². The van der Waals surface area contributed by atoms with Crippen LogP contribution in [0.5, 0.6) is 0 Å². The summed E-state index contributed by atoms with van der Waals surface area (Å²) in [6, 6.07) is 10.3. The normalized spacial score (nSPS) is 19.8. The first-order valence-corrected chi connectivity index (χ1v) is 5.84. The summed E-state index contributed by atoms with van der Waals surface area (Å²) >= 11 is 0. The van der Waals surface area contributed by atoms with Gasteiger partial charge in [0, 0.05) is 11.5 Å². The van der Waals surface area contributed by atoms with E-state index in [1.54, 1.807) is 0 Å². The minimum atomic E-state index is 0.0304. The van der Waals surface area contributed by atoms with Gasteiger partial charge in [0.15, 0.2) is 5.78 Å². The van der Waals surface area contributed by atoms with Crippen LogP contribution in [0.25, 0.3) is 0 Å². The van der Waals surface area contributed by atoms with E-state index < -0.39 is 0 Å². The van der Waals surface area contributed by atoms with Crippen LogP contribution in [0.2, 0.25) is 0 Å². The first-order valence-electron chi connectivity index (χ1n) is 5.84. The molecule has 0 N–H and O–H groups in total. The Balaban J connectivity index is 2.24. The van der Waals surface area contributed by atoms with Crippen molar-refractivity contribution < 1.29 is 4.79 Å². The number of rotatable bonds is 4. The first kappa shape index (κ1) is 11.6. The standard InChI is InChI=1S/C16H16O/c1-3-16(17)15-11-7-10-14(15)12(2)13-8-5-4-6-9-13/h3-12,14H,1H2,2H3/t12-,14?/m1/s1. The van der Waals surface area contributed by atoms with E-state index in [0.717, 1.165) is 5.57 Å². The molecule has 1 nitrogen and oxygen atoms in total. The third-order valence-electron chi connectivity index (χ3n) is 3.29. The molecule has 1 aliphatic carbocycles. The SMILES string of the molecule is C=CC(=O)C1=CC=CC1[C@H](C)c1ccccc1. The maximum atomic E-state index is 11.7. The molecule has 2 rings (SSSR count). The van der Waals surface area contributed by atoms with Crippen molar-refractivity contribution in [3.05, 3.63) is 72.4 Å². The van der Waals surface area contributed by atoms with Crippen molar-refractivity contribution in [1.82, 2.24) is 0 Å². The molecular weight excluding hydrogens is 208 g/mol. The maximum Gasteiger partial charge on any atom is 0.181 e. The average Bonchev–Trinajstić information content (AvgIpc) is 2.87. The van der Waals surface area contributed by atoms with Crippen molar-refractivity contribution in [1.29, 1.82) is 0 Å². The van der Waals surface area contributed by atoms with Gasteiger partial charge < -0.3 is 0 Å². The van der Waals surface area contributed by atoms with Gasteiger partial charge in [-0.25, -0.2) is 0 Å². The summed E-state index contributed by atoms with van der Waals surface area (Å²) in [6.45, 7) is 5.71. The quantitative estimate of drug-likeness (QED) is 0.713. The Morgan fingerprint density at radius 1 is 1.35 bits per heavy atom. The number of hydrogen-bond donors (Lipinski definition) is 0. The summed E-state index contributed by atoms with van der Waals surface area (Å²) < 4.78 is 0. The van der Waals surface area contributed by atoms with Crippen LogP contribution < -0.4 is 0 Å². The number of carbonyl (C=O) groups excluding carboxylic acids is 1. The number of ketones is 1. The smallest absolute Gasteiger partial charge is 0.181 e. The van der Waals surface area contributed by atoms with Crippen molar-refractivity contribution in [2.24, 2.45) is 5.92 Å². The lowest BCUT2D eigenvalue weighted by atomic mass is 9.83. The lowest BCUT2D eigenvalue weighted by Gasteiger charge is -2.20. The molecule has 1 aliphatic rings. The first-order chi connectivity index (χ1) is 8.24. The van der Waals surface area contributed by atoms with E-state index in [-0.39, 0.29) is 11.7 Å². The van der Waals surface area contributed by atoms with Gasteiger partial charge in [0.1, 0.15) is 0 Å². The van der Waals surface area contributed by atoms with E-state index in [1.807, 2.05) is 30.4 Å². The molecular formula is C16H16O. The van der Waals surface area contributed by atoms with Gasteiger partial charge in [-0.15, -0.1) is 0 Å². The highest BCUT2D eigenvalue weighted by Gasteiger charge is 2.25. The van der Waals surface area contributed by atoms with Crippen molar-refractivity contribution in [3.8, 4) is 0 Å². The Morgan fingerprint density at radius 3 is 2.71 bits per heavy atom. The highest BCUT2D eigenvalue weighted by atomic mass is 16.1. The second-order valence-corrected chi connectivity index (χ2v) is 4.30. The number of allylic oxidation sites excluding steroid dienone is 5. The van der Waals surface area contributed by atoms with Gasteiger partial charge in [0.2, 0.25) is 0 Å². The van der Waals surface area contributed by atoms with Crippen LogP contribution in [0.4, 0.5) is 0 Å². The summed E-state index contributed by atoms with van der Waals surface area (Å²) in [5, 5.41) is 0. The molecule has 0 saturated heterocycles. The molecule has 0 spiro atoms. The summed E-state index contributed by atoms with van der Waals surface area (Å²) in [4.78, 5) is 11.7. The van der Waals surface area contributed by atoms with Gasteiger partial charge in [-0.1, -0.05) is 62.1 Å². The zero-order valence-corrected chi connectivity index (χ0v) is 9.97. The van der Waals surface area contributed by atoms with Gasteiger partial charge >= 0.3 is 0 Å². The van der Waals surface area contributed by atoms with E-state index >= 15 is 0 Å². The van der Waals surface area contributed by atoms with E-state index in [9.17, 15) is 4.79 Å². The molecule has 0 heterocycles. The monoisotopic (exact) mass is 224 g/mol. The Hall–Kier alpha value is -1.89. The van der Waals surface area contributed by atoms with Gasteiger partial charge in [0.25, 0.3) is 0 Å². The molecule has 1 unspecified atom stereocenters. The molecule has 0 amide bonds. The number of carbonyl (C=O) groups is 1. The van der Waals surface area contributed by atoms with Gasteiger partial charge in [0.05, 0.1) is 0 Å². The third-order valence-corrected chi connectivity index (χ3v) is 3.29. The third kappa shape index (κ3) is 2.28. The predicted molar refractivity (Wildman–Crippen MR) is 70.8 cm³/mol. The van der Waals surface area contributed by atoms with Crippen molar-refractivity contribution in [2.45, 2.75) is 12.8 Å². The molecule has 86 valence electrons. The lowest BCUT2D eigenvalue weighted by Crippen LogP contribution is -2.13. The van der Waals surface area contributed by atoms with Crippen molar-refractivity contribution >= 4 is 5.78 Å². The molecule has 1 heteroatoms. The minimum absolute atomic E-state index is 0.0304. The molecule has 0 bridgehead atoms. The maximum absolute atomic E-state index is 11.7. The molecule has 2 atom stereocenters. The Labute approximate surface area is 102 Å². The highest BCUT2D eigenvalue weighted by Crippen LogP contribution is 2.34. The number of hydrogen-bond acceptors (Lipinski definition) is 1. The zero-order valence-electron chi connectivity index (χ0n) is 9.97. The summed E-state index contributed by atoms with van der Waals surface area (Å²) in [6.07, 6.45) is 7.34. The van der Waals surface area contributed by atoms with Crippen LogP contribution in [0, 0.1) is 5.92 Å². The summed E-state index contributed by atoms with van der Waals surface area (Å²) in [5.74, 6) is 0.510. The second-order valence-electron chi connectivity index (χ2n) is 4.30. The molecule has 0 aliphatic heterocycles. The van der Waals surface area contributed by atoms with Crippen LogP contribution in [0.3, 0.4) is 0 Å². The summed E-state index contributed by atoms with van der Waals surface area (Å²) in [7, 11) is 0. The van der Waals surface area contributed by atoms with Crippen molar-refractivity contribution in [3.63, 3.8) is 0 Å². The average molecular weight is 224 g/mol. The highest BCUT2D eigenvalue weighted by molar-refractivity contribution is 6.05. The van der Waals surface area contributed by atoms with Crippen LogP contribution >= 0.6 is 0 Å². The fourth-order valence-corrected chi connectivity index (χ4v) is 2.26. The Bertz CT molecular complexity index is 480. The van der Waals surface area contributed by atoms with Crippen LogP contribution in [0.1, 0.15) is 18.4 Å². The van der Waals surface area contributed by atoms with Crippen LogP contribution in [-0.4, -0.2) is 5.78 Å². The Morgan fingerprint density at radius 2 is 2.06 bits per heavy atom. The molecule has 0 fully saturated rings. The van der Waals surface area contributed by atoms with Gasteiger partial charge in [-0.2, -0.15) is 0 Å². The second kappa shape index (κ2) is 4.96. The molecule has 1 aromatic rings. The molecule has 0 radical (unpaired) electrons. The number of benzene rings is 1. The van der Waals surface area contributed by atoms with Crippen molar-refractivity contribution in [2.75, 3.05) is 0 Å². The fourth-order valence-electron chi connectivity index (χ4n) is 2.26. The molecule has 0 aromatic heterocycles. The van der Waals surface area contributed by atoms with E-state index in [4.69, 9.17) is 0 Å². The Kier molecular flexibility index (Phi) is 3.38. The minimum Gasteiger partial charge on any atom is -0.290 e. The zero-order chi connectivity index (χ0) is 12.3. The van der Waals surface area contributed by atoms with Gasteiger partial charge in [-0.05, 0) is 17.6 Å². The lowest BCUT2D eigenvalue weighted by molar-refractivity contribution is -0.111. The fraction of sp³-hybridized carbons (Fsp3) is 0.188.